The second-order valence-corrected chi connectivity index (χ2v) is 7.17. The molecule has 25 heavy (non-hydrogen) atoms. The fraction of sp³-hybridized carbons (Fsp3) is 0.474. The third kappa shape index (κ3) is 5.32. The van der Waals surface area contributed by atoms with E-state index in [2.05, 4.69) is 31.2 Å². The van der Waals surface area contributed by atoms with E-state index in [9.17, 15) is 9.90 Å². The van der Waals surface area contributed by atoms with Gasteiger partial charge in [-0.05, 0) is 30.9 Å². The molecule has 1 amide bonds. The van der Waals surface area contributed by atoms with E-state index in [-0.39, 0.29) is 29.7 Å². The van der Waals surface area contributed by atoms with Gasteiger partial charge < -0.3 is 15.2 Å². The number of para-hydroxylation sites is 1. The van der Waals surface area contributed by atoms with Gasteiger partial charge in [-0.3, -0.25) is 4.79 Å². The summed E-state index contributed by atoms with van der Waals surface area (Å²) in [5.74, 6) is 0.0812. The van der Waals surface area contributed by atoms with E-state index >= 15 is 0 Å². The molecule has 0 fully saturated rings. The molecule has 0 radical (unpaired) electrons. The van der Waals surface area contributed by atoms with E-state index < -0.39 is 0 Å². The van der Waals surface area contributed by atoms with E-state index in [0.29, 0.717) is 18.8 Å². The Balaban J connectivity index is 2.24. The minimum absolute atomic E-state index is 0.00712. The van der Waals surface area contributed by atoms with Crippen LogP contribution < -0.4 is 10.1 Å². The Morgan fingerprint density at radius 3 is 2.56 bits per heavy atom. The van der Waals surface area contributed by atoms with Crippen molar-refractivity contribution >= 4 is 5.91 Å². The highest BCUT2D eigenvalue weighted by Gasteiger charge is 2.24. The molecule has 1 aromatic carbocycles. The normalized spacial score (nSPS) is 12.7. The maximum Gasteiger partial charge on any atom is 0.275 e. The molecule has 1 unspecified atom stereocenters. The number of carbonyl (C=O) groups excluding carboxylic acids is 1. The summed E-state index contributed by atoms with van der Waals surface area (Å²) in [6.45, 7) is 8.38. The van der Waals surface area contributed by atoms with Crippen LogP contribution in [0.15, 0.2) is 36.5 Å². The summed E-state index contributed by atoms with van der Waals surface area (Å²) in [6.07, 6.45) is 2.37. The number of aliphatic hydroxyl groups is 1. The van der Waals surface area contributed by atoms with Gasteiger partial charge in [0.25, 0.3) is 5.91 Å². The summed E-state index contributed by atoms with van der Waals surface area (Å²) in [5.41, 5.74) is 1.06. The molecule has 0 aliphatic heterocycles. The van der Waals surface area contributed by atoms with Crippen molar-refractivity contribution in [1.29, 1.82) is 0 Å². The number of ether oxygens (including phenoxy) is 1. The first kappa shape index (κ1) is 19.0. The SMILES string of the molecule is CCOc1cn(-c2ccccc2)nc1C(=O)NC(CO)CC(C)(C)C. The van der Waals surface area contributed by atoms with Crippen molar-refractivity contribution in [1.82, 2.24) is 15.1 Å². The van der Waals surface area contributed by atoms with Crippen LogP contribution in [0.4, 0.5) is 0 Å². The van der Waals surface area contributed by atoms with Crippen molar-refractivity contribution in [2.24, 2.45) is 5.41 Å². The molecule has 2 aromatic rings. The van der Waals surface area contributed by atoms with Crippen LogP contribution in [0.3, 0.4) is 0 Å². The van der Waals surface area contributed by atoms with E-state index in [4.69, 9.17) is 4.74 Å². The van der Waals surface area contributed by atoms with Gasteiger partial charge in [0.1, 0.15) is 0 Å². The number of aromatic nitrogens is 2. The van der Waals surface area contributed by atoms with Gasteiger partial charge in [0.05, 0.1) is 31.1 Å². The number of rotatable bonds is 7. The Morgan fingerprint density at radius 2 is 2.00 bits per heavy atom. The molecule has 2 rings (SSSR count). The highest BCUT2D eigenvalue weighted by atomic mass is 16.5. The Labute approximate surface area is 148 Å². The van der Waals surface area contributed by atoms with Gasteiger partial charge in [-0.15, -0.1) is 0 Å². The number of nitrogens with zero attached hydrogens (tertiary/aromatic N) is 2. The molecule has 0 spiro atoms. The quantitative estimate of drug-likeness (QED) is 0.809. The molecule has 0 aliphatic rings. The number of carbonyl (C=O) groups is 1. The predicted octanol–water partition coefficient (Wildman–Crippen LogP) is 2.80. The van der Waals surface area contributed by atoms with Gasteiger partial charge in [-0.25, -0.2) is 4.68 Å². The highest BCUT2D eigenvalue weighted by molar-refractivity contribution is 5.95. The first-order chi connectivity index (χ1) is 11.8. The number of hydrogen-bond donors (Lipinski definition) is 2. The van der Waals surface area contributed by atoms with Crippen molar-refractivity contribution in [2.75, 3.05) is 13.2 Å². The summed E-state index contributed by atoms with van der Waals surface area (Å²) in [5, 5.41) is 16.8. The maximum absolute atomic E-state index is 12.7. The molecule has 1 atom stereocenters. The largest absolute Gasteiger partial charge is 0.490 e. The van der Waals surface area contributed by atoms with Gasteiger partial charge in [-0.1, -0.05) is 39.0 Å². The number of nitrogens with one attached hydrogen (secondary N) is 1. The molecule has 6 nitrogen and oxygen atoms in total. The monoisotopic (exact) mass is 345 g/mol. The van der Waals surface area contributed by atoms with Gasteiger partial charge in [0.2, 0.25) is 0 Å². The predicted molar refractivity (Wildman–Crippen MR) is 97.1 cm³/mol. The Kier molecular flexibility index (Phi) is 6.20. The van der Waals surface area contributed by atoms with Crippen LogP contribution in [0.1, 0.15) is 44.6 Å². The van der Waals surface area contributed by atoms with Crippen LogP contribution in [0.25, 0.3) is 5.69 Å². The number of benzene rings is 1. The number of hydrogen-bond acceptors (Lipinski definition) is 4. The lowest BCUT2D eigenvalue weighted by atomic mass is 9.88. The zero-order chi connectivity index (χ0) is 18.4. The molecule has 2 N–H and O–H groups in total. The first-order valence-corrected chi connectivity index (χ1v) is 8.53. The third-order valence-electron chi connectivity index (χ3n) is 3.63. The standard InChI is InChI=1S/C19H27N3O3/c1-5-25-16-12-22(15-9-7-6-8-10-15)21-17(16)18(24)20-14(13-23)11-19(2,3)4/h6-10,12,14,23H,5,11,13H2,1-4H3,(H,20,24). The fourth-order valence-electron chi connectivity index (χ4n) is 2.64. The lowest BCUT2D eigenvalue weighted by Crippen LogP contribution is -2.40. The van der Waals surface area contributed by atoms with Crippen LogP contribution in [0.5, 0.6) is 5.75 Å². The molecule has 6 heteroatoms. The summed E-state index contributed by atoms with van der Waals surface area (Å²) >= 11 is 0. The van der Waals surface area contributed by atoms with Crippen molar-refractivity contribution in [3.8, 4) is 11.4 Å². The summed E-state index contributed by atoms with van der Waals surface area (Å²) in [7, 11) is 0. The molecule has 1 aromatic heterocycles. The maximum atomic E-state index is 12.7. The highest BCUT2D eigenvalue weighted by Crippen LogP contribution is 2.23. The molecule has 0 bridgehead atoms. The van der Waals surface area contributed by atoms with Crippen LogP contribution in [-0.2, 0) is 0 Å². The minimum atomic E-state index is -0.346. The summed E-state index contributed by atoms with van der Waals surface area (Å²) in [4.78, 5) is 12.7. The number of aliphatic hydroxyl groups excluding tert-OH is 1. The fourth-order valence-corrected chi connectivity index (χ4v) is 2.64. The Bertz CT molecular complexity index is 690. The van der Waals surface area contributed by atoms with Crippen molar-refractivity contribution in [2.45, 2.75) is 40.2 Å². The topological polar surface area (TPSA) is 76.4 Å². The molecular weight excluding hydrogens is 318 g/mol. The van der Waals surface area contributed by atoms with E-state index in [0.717, 1.165) is 5.69 Å². The van der Waals surface area contributed by atoms with Crippen LogP contribution >= 0.6 is 0 Å². The molecule has 0 aliphatic carbocycles. The second-order valence-electron chi connectivity index (χ2n) is 7.17. The first-order valence-electron chi connectivity index (χ1n) is 8.53. The van der Waals surface area contributed by atoms with Gasteiger partial charge in [0, 0.05) is 0 Å². The van der Waals surface area contributed by atoms with Crippen molar-refractivity contribution in [3.63, 3.8) is 0 Å². The Hall–Kier alpha value is -2.34. The lowest BCUT2D eigenvalue weighted by molar-refractivity contribution is 0.0888. The molecule has 1 heterocycles. The second kappa shape index (κ2) is 8.16. The zero-order valence-corrected chi connectivity index (χ0v) is 15.3. The molecular formula is C19H27N3O3. The van der Waals surface area contributed by atoms with Crippen molar-refractivity contribution in [3.05, 3.63) is 42.2 Å². The number of amides is 1. The molecule has 0 saturated carbocycles. The van der Waals surface area contributed by atoms with Gasteiger partial charge in [-0.2, -0.15) is 5.10 Å². The van der Waals surface area contributed by atoms with E-state index in [1.807, 2.05) is 37.3 Å². The molecule has 136 valence electrons. The zero-order valence-electron chi connectivity index (χ0n) is 15.3. The summed E-state index contributed by atoms with van der Waals surface area (Å²) in [6, 6.07) is 9.21. The third-order valence-corrected chi connectivity index (χ3v) is 3.63. The van der Waals surface area contributed by atoms with Crippen LogP contribution in [-0.4, -0.2) is 40.0 Å². The minimum Gasteiger partial charge on any atom is -0.490 e. The van der Waals surface area contributed by atoms with Crippen molar-refractivity contribution < 1.29 is 14.6 Å². The van der Waals surface area contributed by atoms with E-state index in [1.165, 1.54) is 0 Å². The van der Waals surface area contributed by atoms with E-state index in [1.54, 1.807) is 10.9 Å². The average molecular weight is 345 g/mol. The lowest BCUT2D eigenvalue weighted by Gasteiger charge is -2.25. The molecule has 0 saturated heterocycles. The van der Waals surface area contributed by atoms with Crippen LogP contribution in [0.2, 0.25) is 0 Å². The summed E-state index contributed by atoms with van der Waals surface area (Å²) < 4.78 is 7.19. The van der Waals surface area contributed by atoms with Gasteiger partial charge in [0.15, 0.2) is 11.4 Å². The smallest absolute Gasteiger partial charge is 0.275 e. The van der Waals surface area contributed by atoms with Gasteiger partial charge >= 0.3 is 0 Å². The van der Waals surface area contributed by atoms with Crippen LogP contribution in [0, 0.1) is 5.41 Å². The Morgan fingerprint density at radius 1 is 1.32 bits per heavy atom. The average Bonchev–Trinajstić information content (AvgIpc) is 2.98.